The van der Waals surface area contributed by atoms with E-state index in [2.05, 4.69) is 4.98 Å². The Morgan fingerprint density at radius 1 is 1.27 bits per heavy atom. The van der Waals surface area contributed by atoms with Gasteiger partial charge in [0.1, 0.15) is 5.69 Å². The Morgan fingerprint density at radius 2 is 2.00 bits per heavy atom. The number of non-ortho nitro benzene ring substituents is 1. The summed E-state index contributed by atoms with van der Waals surface area (Å²) >= 11 is 12.3. The van der Waals surface area contributed by atoms with E-state index in [0.29, 0.717) is 15.9 Å². The first-order valence-corrected chi connectivity index (χ1v) is 9.36. The number of hydrogen-bond acceptors (Lipinski definition) is 5. The topological polar surface area (TPSA) is 123 Å². The van der Waals surface area contributed by atoms with Crippen LogP contribution in [0, 0.1) is 10.1 Å². The van der Waals surface area contributed by atoms with Gasteiger partial charge in [0.05, 0.1) is 22.1 Å². The van der Waals surface area contributed by atoms with Gasteiger partial charge in [0, 0.05) is 33.6 Å². The van der Waals surface area contributed by atoms with E-state index in [0.717, 1.165) is 6.07 Å². The molecule has 1 aromatic heterocycles. The Kier molecular flexibility index (Phi) is 6.09. The number of nitro groups is 1. The molecule has 3 rings (SSSR count). The Balaban J connectivity index is 2.32. The fourth-order valence-electron chi connectivity index (χ4n) is 2.98. The highest BCUT2D eigenvalue weighted by Crippen LogP contribution is 2.35. The zero-order chi connectivity index (χ0) is 22.0. The minimum atomic E-state index is -1.34. The lowest BCUT2D eigenvalue weighted by molar-refractivity contribution is -0.384. The molecule has 0 atom stereocenters. The number of aromatic nitrogens is 1. The highest BCUT2D eigenvalue weighted by molar-refractivity contribution is 6.39. The molecular weight excluding hydrogens is 435 g/mol. The van der Waals surface area contributed by atoms with Crippen LogP contribution < -0.4 is 0 Å². The number of hydrogen-bond donors (Lipinski definition) is 2. The molecule has 1 heterocycles. The molecule has 0 fully saturated rings. The fourth-order valence-corrected chi connectivity index (χ4v) is 3.58. The number of carboxylic acids is 1. The van der Waals surface area contributed by atoms with Crippen molar-refractivity contribution in [3.63, 3.8) is 0 Å². The van der Waals surface area contributed by atoms with Crippen molar-refractivity contribution in [3.05, 3.63) is 73.4 Å². The smallest absolute Gasteiger partial charge is 0.355 e. The quantitative estimate of drug-likeness (QED) is 0.231. The van der Waals surface area contributed by atoms with E-state index in [-0.39, 0.29) is 39.7 Å². The molecule has 8 nitrogen and oxygen atoms in total. The lowest BCUT2D eigenvalue weighted by Crippen LogP contribution is -2.07. The molecule has 0 aliphatic rings. The standard InChI is InChI=1S/C20H14Cl2N2O6/c1-2-30-20(27)18-14(17-15(22)7-11(21)8-16(17)23-18)9-13(19(25)26)10-4-3-5-12(6-10)24(28)29/h3-9,23H,2H2,1H3,(H,25,26)/b13-9-. The summed E-state index contributed by atoms with van der Waals surface area (Å²) in [5.41, 5.74) is 0.121. The average molecular weight is 449 g/mol. The third kappa shape index (κ3) is 4.14. The molecule has 3 aromatic rings. The molecule has 2 aromatic carbocycles. The van der Waals surface area contributed by atoms with Crippen molar-refractivity contribution < 1.29 is 24.4 Å². The second-order valence-electron chi connectivity index (χ2n) is 6.11. The predicted molar refractivity (Wildman–Crippen MR) is 113 cm³/mol. The monoisotopic (exact) mass is 448 g/mol. The molecule has 30 heavy (non-hydrogen) atoms. The van der Waals surface area contributed by atoms with E-state index in [1.165, 1.54) is 36.4 Å². The van der Waals surface area contributed by atoms with Crippen molar-refractivity contribution in [2.24, 2.45) is 0 Å². The van der Waals surface area contributed by atoms with Gasteiger partial charge in [0.25, 0.3) is 5.69 Å². The molecule has 0 saturated heterocycles. The van der Waals surface area contributed by atoms with Crippen LogP contribution in [-0.2, 0) is 9.53 Å². The molecule has 0 unspecified atom stereocenters. The van der Waals surface area contributed by atoms with Crippen LogP contribution in [0.1, 0.15) is 28.5 Å². The van der Waals surface area contributed by atoms with Crippen LogP contribution in [0.3, 0.4) is 0 Å². The second-order valence-corrected chi connectivity index (χ2v) is 6.96. The number of ether oxygens (including phenoxy) is 1. The van der Waals surface area contributed by atoms with E-state index in [9.17, 15) is 24.8 Å². The zero-order valence-electron chi connectivity index (χ0n) is 15.4. The molecule has 0 radical (unpaired) electrons. The number of benzene rings is 2. The van der Waals surface area contributed by atoms with Crippen molar-refractivity contribution in [3.8, 4) is 0 Å². The number of H-pyrrole nitrogens is 1. The maximum Gasteiger partial charge on any atom is 0.355 e. The first-order chi connectivity index (χ1) is 14.2. The van der Waals surface area contributed by atoms with Gasteiger partial charge in [0.15, 0.2) is 0 Å². The van der Waals surface area contributed by atoms with E-state index in [1.54, 1.807) is 6.92 Å². The lowest BCUT2D eigenvalue weighted by Gasteiger charge is -2.06. The minimum absolute atomic E-state index is 0.0137. The van der Waals surface area contributed by atoms with Gasteiger partial charge in [0.2, 0.25) is 0 Å². The van der Waals surface area contributed by atoms with Crippen LogP contribution in [0.15, 0.2) is 36.4 Å². The number of carboxylic acid groups (broad SMARTS) is 1. The number of nitrogens with one attached hydrogen (secondary N) is 1. The van der Waals surface area contributed by atoms with Crippen molar-refractivity contribution in [1.29, 1.82) is 0 Å². The second kappa shape index (κ2) is 8.56. The highest BCUT2D eigenvalue weighted by atomic mass is 35.5. The predicted octanol–water partition coefficient (Wildman–Crippen LogP) is 5.18. The SMILES string of the molecule is CCOC(=O)c1[nH]c2cc(Cl)cc(Cl)c2c1/C=C(\C(=O)O)c1cccc([N+](=O)[O-])c1. The van der Waals surface area contributed by atoms with Gasteiger partial charge >= 0.3 is 11.9 Å². The lowest BCUT2D eigenvalue weighted by atomic mass is 10.0. The molecule has 2 N–H and O–H groups in total. The Hall–Kier alpha value is -3.36. The van der Waals surface area contributed by atoms with Gasteiger partial charge < -0.3 is 14.8 Å². The van der Waals surface area contributed by atoms with Crippen molar-refractivity contribution in [2.75, 3.05) is 6.61 Å². The zero-order valence-corrected chi connectivity index (χ0v) is 17.0. The first kappa shape index (κ1) is 21.4. The number of aromatic amines is 1. The third-order valence-corrected chi connectivity index (χ3v) is 4.74. The summed E-state index contributed by atoms with van der Waals surface area (Å²) in [5.74, 6) is -2.05. The highest BCUT2D eigenvalue weighted by Gasteiger charge is 2.23. The van der Waals surface area contributed by atoms with Crippen LogP contribution in [0.25, 0.3) is 22.6 Å². The van der Waals surface area contributed by atoms with Gasteiger partial charge in [-0.2, -0.15) is 0 Å². The van der Waals surface area contributed by atoms with E-state index in [1.807, 2.05) is 0 Å². The number of aliphatic carboxylic acids is 1. The van der Waals surface area contributed by atoms with Crippen LogP contribution in [0.2, 0.25) is 10.0 Å². The molecule has 0 amide bonds. The molecule has 0 spiro atoms. The summed E-state index contributed by atoms with van der Waals surface area (Å²) in [4.78, 5) is 37.7. The number of nitrogens with zero attached hydrogens (tertiary/aromatic N) is 1. The van der Waals surface area contributed by atoms with Crippen LogP contribution in [0.5, 0.6) is 0 Å². The van der Waals surface area contributed by atoms with Crippen molar-refractivity contribution in [2.45, 2.75) is 6.92 Å². The largest absolute Gasteiger partial charge is 0.478 e. The summed E-state index contributed by atoms with van der Waals surface area (Å²) in [6.07, 6.45) is 1.23. The van der Waals surface area contributed by atoms with Gasteiger partial charge in [-0.3, -0.25) is 10.1 Å². The number of carbonyl (C=O) groups excluding carboxylic acids is 1. The summed E-state index contributed by atoms with van der Waals surface area (Å²) in [5, 5.41) is 21.7. The Morgan fingerprint density at radius 3 is 2.63 bits per heavy atom. The molecule has 0 saturated carbocycles. The Bertz CT molecular complexity index is 1220. The summed E-state index contributed by atoms with van der Waals surface area (Å²) in [6.45, 7) is 1.73. The van der Waals surface area contributed by atoms with Crippen molar-refractivity contribution >= 4 is 63.4 Å². The number of fused-ring (bicyclic) bond motifs is 1. The maximum absolute atomic E-state index is 12.5. The molecule has 0 bridgehead atoms. The third-order valence-electron chi connectivity index (χ3n) is 4.22. The molecule has 154 valence electrons. The van der Waals surface area contributed by atoms with Crippen LogP contribution >= 0.6 is 23.2 Å². The summed E-state index contributed by atoms with van der Waals surface area (Å²) in [6, 6.07) is 8.17. The van der Waals surface area contributed by atoms with Gasteiger partial charge in [-0.25, -0.2) is 9.59 Å². The van der Waals surface area contributed by atoms with E-state index in [4.69, 9.17) is 27.9 Å². The van der Waals surface area contributed by atoms with Crippen LogP contribution in [0.4, 0.5) is 5.69 Å². The van der Waals surface area contributed by atoms with Crippen LogP contribution in [-0.4, -0.2) is 33.6 Å². The number of carbonyl (C=O) groups is 2. The fraction of sp³-hybridized carbons (Fsp3) is 0.100. The normalized spacial score (nSPS) is 11.5. The number of rotatable bonds is 6. The van der Waals surface area contributed by atoms with Gasteiger partial charge in [-0.15, -0.1) is 0 Å². The minimum Gasteiger partial charge on any atom is -0.478 e. The molecule has 10 heteroatoms. The first-order valence-electron chi connectivity index (χ1n) is 8.60. The molecular formula is C20H14Cl2N2O6. The van der Waals surface area contributed by atoms with Gasteiger partial charge in [-0.1, -0.05) is 35.3 Å². The number of nitro benzene ring substituents is 1. The summed E-state index contributed by atoms with van der Waals surface area (Å²) < 4.78 is 5.05. The maximum atomic E-state index is 12.5. The number of esters is 1. The van der Waals surface area contributed by atoms with Crippen molar-refractivity contribution in [1.82, 2.24) is 4.98 Å². The molecule has 0 aliphatic carbocycles. The molecule has 0 aliphatic heterocycles. The van der Waals surface area contributed by atoms with Gasteiger partial charge in [-0.05, 0) is 30.7 Å². The van der Waals surface area contributed by atoms with E-state index < -0.39 is 16.9 Å². The van der Waals surface area contributed by atoms with E-state index >= 15 is 0 Å². The Labute approximate surface area is 179 Å². The number of halogens is 2. The average Bonchev–Trinajstić information content (AvgIpc) is 3.04. The summed E-state index contributed by atoms with van der Waals surface area (Å²) in [7, 11) is 0.